The molecule has 4 nitrogen and oxygen atoms in total. The molecule has 0 atom stereocenters. The number of anilines is 1. The van der Waals surface area contributed by atoms with Gasteiger partial charge in [0, 0.05) is 24.8 Å². The summed E-state index contributed by atoms with van der Waals surface area (Å²) in [7, 11) is 2.20. The Morgan fingerprint density at radius 3 is 2.55 bits per heavy atom. The van der Waals surface area contributed by atoms with Gasteiger partial charge in [-0.3, -0.25) is 0 Å². The van der Waals surface area contributed by atoms with Crippen LogP contribution >= 0.6 is 0 Å². The summed E-state index contributed by atoms with van der Waals surface area (Å²) in [6.45, 7) is 6.98. The van der Waals surface area contributed by atoms with Gasteiger partial charge in [0.2, 0.25) is 0 Å². The summed E-state index contributed by atoms with van der Waals surface area (Å²) < 4.78 is 0. The molecule has 2 aliphatic rings. The van der Waals surface area contributed by atoms with Gasteiger partial charge in [-0.15, -0.1) is 0 Å². The molecular weight excluding hydrogens is 356 g/mol. The lowest BCUT2D eigenvalue weighted by atomic mass is 9.89. The molecule has 0 saturated carbocycles. The zero-order valence-corrected chi connectivity index (χ0v) is 18.2. The second-order valence-electron chi connectivity index (χ2n) is 8.98. The van der Waals surface area contributed by atoms with Crippen molar-refractivity contribution in [1.29, 1.82) is 0 Å². The van der Waals surface area contributed by atoms with E-state index in [-0.39, 0.29) is 0 Å². The van der Waals surface area contributed by atoms with Crippen molar-refractivity contribution >= 4 is 5.82 Å². The van der Waals surface area contributed by atoms with Gasteiger partial charge in [-0.05, 0) is 89.4 Å². The second-order valence-corrected chi connectivity index (χ2v) is 8.98. The molecule has 1 aromatic heterocycles. The van der Waals surface area contributed by atoms with Gasteiger partial charge < -0.3 is 9.80 Å². The highest BCUT2D eigenvalue weighted by Crippen LogP contribution is 2.29. The predicted octanol–water partition coefficient (Wildman–Crippen LogP) is 4.76. The fourth-order valence-electron chi connectivity index (χ4n) is 4.95. The molecule has 4 heteroatoms. The van der Waals surface area contributed by atoms with E-state index in [9.17, 15) is 0 Å². The van der Waals surface area contributed by atoms with Gasteiger partial charge in [0.15, 0.2) is 0 Å². The number of piperidine rings is 1. The largest absolute Gasteiger partial charge is 0.359 e. The molecule has 0 unspecified atom stereocenters. The van der Waals surface area contributed by atoms with Gasteiger partial charge >= 0.3 is 0 Å². The molecule has 1 aromatic carbocycles. The lowest BCUT2D eigenvalue weighted by molar-refractivity contribution is 0.209. The molecule has 1 aliphatic carbocycles. The molecule has 0 amide bonds. The van der Waals surface area contributed by atoms with Crippen LogP contribution in [-0.4, -0.2) is 48.1 Å². The summed E-state index contributed by atoms with van der Waals surface area (Å²) in [5.41, 5.74) is 5.58. The van der Waals surface area contributed by atoms with Crippen molar-refractivity contribution in [2.24, 2.45) is 0 Å². The zero-order chi connectivity index (χ0) is 20.1. The molecule has 0 bridgehead atoms. The minimum atomic E-state index is 0.752. The quantitative estimate of drug-likeness (QED) is 0.636. The normalized spacial score (nSPS) is 17.9. The molecular formula is C25H36N4. The Kier molecular flexibility index (Phi) is 6.81. The second kappa shape index (κ2) is 9.71. The van der Waals surface area contributed by atoms with E-state index >= 15 is 0 Å². The summed E-state index contributed by atoms with van der Waals surface area (Å²) in [4.78, 5) is 14.1. The number of unbranched alkanes of at least 4 members (excludes halogenated alkanes) is 1. The van der Waals surface area contributed by atoms with Crippen LogP contribution in [0, 0.1) is 6.92 Å². The van der Waals surface area contributed by atoms with Gasteiger partial charge in [0.1, 0.15) is 12.1 Å². The Hall–Kier alpha value is -1.94. The highest BCUT2D eigenvalue weighted by atomic mass is 15.2. The van der Waals surface area contributed by atoms with Crippen molar-refractivity contribution in [3.63, 3.8) is 0 Å². The van der Waals surface area contributed by atoms with E-state index in [1.54, 1.807) is 6.33 Å². The van der Waals surface area contributed by atoms with E-state index in [2.05, 4.69) is 58.0 Å². The first-order chi connectivity index (χ1) is 14.2. The number of aryl methyl sites for hydroxylation is 2. The average Bonchev–Trinajstić information content (AvgIpc) is 2.77. The topological polar surface area (TPSA) is 32.3 Å². The van der Waals surface area contributed by atoms with E-state index in [4.69, 9.17) is 0 Å². The van der Waals surface area contributed by atoms with E-state index in [1.165, 1.54) is 86.4 Å². The molecule has 0 N–H and O–H groups in total. The van der Waals surface area contributed by atoms with Crippen molar-refractivity contribution in [2.45, 2.75) is 64.2 Å². The van der Waals surface area contributed by atoms with Crippen LogP contribution in [0.25, 0.3) is 0 Å². The van der Waals surface area contributed by atoms with Crippen LogP contribution in [-0.2, 0) is 12.8 Å². The van der Waals surface area contributed by atoms with Crippen LogP contribution < -0.4 is 4.90 Å². The minimum Gasteiger partial charge on any atom is -0.359 e. The Morgan fingerprint density at radius 1 is 1.00 bits per heavy atom. The standard InChI is InChI=1S/C25H36N4/c1-20-9-11-21(12-10-20)22-13-17-29(18-14-22)16-6-5-15-28(2)25-23-7-3-4-8-24(23)26-19-27-25/h9-12,19,22H,3-8,13-18H2,1-2H3. The fraction of sp³-hybridized carbons (Fsp3) is 0.600. The predicted molar refractivity (Wildman–Crippen MR) is 121 cm³/mol. The third-order valence-electron chi connectivity index (χ3n) is 6.82. The van der Waals surface area contributed by atoms with Crippen LogP contribution in [0.3, 0.4) is 0 Å². The fourth-order valence-corrected chi connectivity index (χ4v) is 4.95. The van der Waals surface area contributed by atoms with Gasteiger partial charge in [-0.2, -0.15) is 0 Å². The smallest absolute Gasteiger partial charge is 0.135 e. The first-order valence-corrected chi connectivity index (χ1v) is 11.5. The minimum absolute atomic E-state index is 0.752. The summed E-state index contributed by atoms with van der Waals surface area (Å²) >= 11 is 0. The van der Waals surface area contributed by atoms with Crippen molar-refractivity contribution in [2.75, 3.05) is 38.1 Å². The SMILES string of the molecule is Cc1ccc(C2CCN(CCCCN(C)c3ncnc4c3CCCC4)CC2)cc1. The number of benzene rings is 1. The van der Waals surface area contributed by atoms with Gasteiger partial charge in [-0.1, -0.05) is 29.8 Å². The third kappa shape index (κ3) is 5.16. The van der Waals surface area contributed by atoms with E-state index in [0.29, 0.717) is 0 Å². The molecule has 29 heavy (non-hydrogen) atoms. The number of nitrogens with zero attached hydrogens (tertiary/aromatic N) is 4. The molecule has 1 fully saturated rings. The number of rotatable bonds is 7. The lowest BCUT2D eigenvalue weighted by Crippen LogP contribution is -2.34. The molecule has 2 aromatic rings. The maximum Gasteiger partial charge on any atom is 0.135 e. The van der Waals surface area contributed by atoms with Gasteiger partial charge in [0.05, 0.1) is 0 Å². The molecule has 1 saturated heterocycles. The summed E-state index contributed by atoms with van der Waals surface area (Å²) in [6, 6.07) is 9.18. The molecule has 4 rings (SSSR count). The highest BCUT2D eigenvalue weighted by molar-refractivity contribution is 5.48. The first kappa shape index (κ1) is 20.3. The zero-order valence-electron chi connectivity index (χ0n) is 18.2. The summed E-state index contributed by atoms with van der Waals surface area (Å²) in [6.07, 6.45) is 11.7. The summed E-state index contributed by atoms with van der Waals surface area (Å²) in [5, 5.41) is 0. The summed E-state index contributed by atoms with van der Waals surface area (Å²) in [5.74, 6) is 1.93. The van der Waals surface area contributed by atoms with E-state index in [1.807, 2.05) is 0 Å². The van der Waals surface area contributed by atoms with E-state index < -0.39 is 0 Å². The number of fused-ring (bicyclic) bond motifs is 1. The van der Waals surface area contributed by atoms with Crippen molar-refractivity contribution in [3.05, 3.63) is 53.0 Å². The lowest BCUT2D eigenvalue weighted by Gasteiger charge is -2.32. The molecule has 0 radical (unpaired) electrons. The number of hydrogen-bond donors (Lipinski definition) is 0. The van der Waals surface area contributed by atoms with Crippen LogP contribution in [0.15, 0.2) is 30.6 Å². The Labute approximate surface area is 176 Å². The third-order valence-corrected chi connectivity index (χ3v) is 6.82. The highest BCUT2D eigenvalue weighted by Gasteiger charge is 2.21. The van der Waals surface area contributed by atoms with Crippen LogP contribution in [0.5, 0.6) is 0 Å². The molecule has 0 spiro atoms. The maximum absolute atomic E-state index is 4.61. The van der Waals surface area contributed by atoms with Crippen LogP contribution in [0.1, 0.15) is 66.8 Å². The Morgan fingerprint density at radius 2 is 1.76 bits per heavy atom. The Balaban J connectivity index is 1.18. The van der Waals surface area contributed by atoms with Crippen molar-refractivity contribution in [3.8, 4) is 0 Å². The van der Waals surface area contributed by atoms with Crippen molar-refractivity contribution in [1.82, 2.24) is 14.9 Å². The number of likely N-dealkylation sites (tertiary alicyclic amines) is 1. The molecule has 2 heterocycles. The monoisotopic (exact) mass is 392 g/mol. The van der Waals surface area contributed by atoms with Crippen molar-refractivity contribution < 1.29 is 0 Å². The van der Waals surface area contributed by atoms with Gasteiger partial charge in [-0.25, -0.2) is 9.97 Å². The van der Waals surface area contributed by atoms with Gasteiger partial charge in [0.25, 0.3) is 0 Å². The first-order valence-electron chi connectivity index (χ1n) is 11.5. The average molecular weight is 393 g/mol. The van der Waals surface area contributed by atoms with Crippen LogP contribution in [0.4, 0.5) is 5.82 Å². The molecule has 1 aliphatic heterocycles. The molecule has 156 valence electrons. The van der Waals surface area contributed by atoms with E-state index in [0.717, 1.165) is 25.3 Å². The van der Waals surface area contributed by atoms with Crippen LogP contribution in [0.2, 0.25) is 0 Å². The Bertz CT molecular complexity index is 778. The number of aromatic nitrogens is 2. The maximum atomic E-state index is 4.61. The number of hydrogen-bond acceptors (Lipinski definition) is 4.